The van der Waals surface area contributed by atoms with Crippen LogP contribution in [0, 0.1) is 10.8 Å². The van der Waals surface area contributed by atoms with E-state index in [0.29, 0.717) is 12.8 Å². The van der Waals surface area contributed by atoms with Crippen molar-refractivity contribution >= 4 is 18.0 Å². The third-order valence-electron chi connectivity index (χ3n) is 8.18. The van der Waals surface area contributed by atoms with Crippen molar-refractivity contribution in [1.82, 2.24) is 10.6 Å². The van der Waals surface area contributed by atoms with Crippen LogP contribution < -0.4 is 10.6 Å². The molecule has 2 atom stereocenters. The summed E-state index contributed by atoms with van der Waals surface area (Å²) < 4.78 is 5.55. The van der Waals surface area contributed by atoms with Gasteiger partial charge >= 0.3 is 12.1 Å². The molecule has 3 N–H and O–H groups in total. The molecule has 3 aliphatic carbocycles. The summed E-state index contributed by atoms with van der Waals surface area (Å²) in [5.41, 5.74) is 3.53. The maximum absolute atomic E-state index is 12.7. The summed E-state index contributed by atoms with van der Waals surface area (Å²) >= 11 is 0. The second-order valence-electron chi connectivity index (χ2n) is 9.85. The Bertz CT molecular complexity index is 1100. The van der Waals surface area contributed by atoms with Crippen LogP contribution in [0.5, 0.6) is 0 Å². The SMILES string of the molecule is CCC(NC(=O)OCC1c2ccccc2-c2ccccc21)C(=O)NCC1(C(=O)O)CC12CCC2. The fraction of sp³-hybridized carbons (Fsp3) is 0.444. The molecule has 0 saturated heterocycles. The van der Waals surface area contributed by atoms with Gasteiger partial charge in [0.1, 0.15) is 12.6 Å². The lowest BCUT2D eigenvalue weighted by Gasteiger charge is -2.31. The third-order valence-corrected chi connectivity index (χ3v) is 8.18. The minimum Gasteiger partial charge on any atom is -0.481 e. The summed E-state index contributed by atoms with van der Waals surface area (Å²) in [6.45, 7) is 2.07. The number of rotatable bonds is 8. The molecule has 0 radical (unpaired) electrons. The van der Waals surface area contributed by atoms with E-state index < -0.39 is 23.5 Å². The number of hydrogen-bond donors (Lipinski definition) is 3. The highest BCUT2D eigenvalue weighted by Crippen LogP contribution is 2.73. The second-order valence-corrected chi connectivity index (χ2v) is 9.85. The van der Waals surface area contributed by atoms with Crippen LogP contribution in [0.1, 0.15) is 56.1 Å². The molecule has 2 unspecified atom stereocenters. The summed E-state index contributed by atoms with van der Waals surface area (Å²) in [6.07, 6.45) is 3.20. The summed E-state index contributed by atoms with van der Waals surface area (Å²) in [5.74, 6) is -1.28. The molecule has 34 heavy (non-hydrogen) atoms. The molecule has 178 valence electrons. The van der Waals surface area contributed by atoms with Crippen molar-refractivity contribution in [2.24, 2.45) is 10.8 Å². The van der Waals surface area contributed by atoms with Gasteiger partial charge in [-0.3, -0.25) is 9.59 Å². The van der Waals surface area contributed by atoms with Crippen LogP contribution >= 0.6 is 0 Å². The Balaban J connectivity index is 1.17. The van der Waals surface area contributed by atoms with Crippen molar-refractivity contribution in [1.29, 1.82) is 0 Å². The first kappa shape index (κ1) is 22.4. The lowest BCUT2D eigenvalue weighted by Crippen LogP contribution is -2.49. The first-order valence-corrected chi connectivity index (χ1v) is 12.0. The zero-order valence-electron chi connectivity index (χ0n) is 19.3. The van der Waals surface area contributed by atoms with Crippen molar-refractivity contribution < 1.29 is 24.2 Å². The van der Waals surface area contributed by atoms with Crippen LogP contribution in [-0.4, -0.2) is 42.3 Å². The molecule has 5 rings (SSSR count). The number of carbonyl (C=O) groups is 3. The molecule has 2 aromatic carbocycles. The van der Waals surface area contributed by atoms with Gasteiger partial charge in [0.2, 0.25) is 5.91 Å². The largest absolute Gasteiger partial charge is 0.481 e. The van der Waals surface area contributed by atoms with E-state index >= 15 is 0 Å². The molecule has 1 spiro atoms. The zero-order chi connectivity index (χ0) is 23.9. The highest BCUT2D eigenvalue weighted by atomic mass is 16.5. The number of fused-ring (bicyclic) bond motifs is 3. The molecule has 7 nitrogen and oxygen atoms in total. The first-order valence-electron chi connectivity index (χ1n) is 12.0. The molecule has 0 aromatic heterocycles. The fourth-order valence-corrected chi connectivity index (χ4v) is 5.92. The number of alkyl carbamates (subject to hydrolysis) is 1. The molecule has 3 aliphatic rings. The smallest absolute Gasteiger partial charge is 0.407 e. The van der Waals surface area contributed by atoms with Crippen molar-refractivity contribution in [3.63, 3.8) is 0 Å². The summed E-state index contributed by atoms with van der Waals surface area (Å²) in [7, 11) is 0. The number of carboxylic acids is 1. The Hall–Kier alpha value is -3.35. The molecule has 0 heterocycles. The van der Waals surface area contributed by atoms with Gasteiger partial charge in [-0.15, -0.1) is 0 Å². The van der Waals surface area contributed by atoms with Gasteiger partial charge < -0.3 is 20.5 Å². The maximum Gasteiger partial charge on any atom is 0.407 e. The van der Waals surface area contributed by atoms with E-state index in [1.165, 1.54) is 0 Å². The normalized spacial score (nSPS) is 22.1. The van der Waals surface area contributed by atoms with Crippen LogP contribution in [-0.2, 0) is 14.3 Å². The highest BCUT2D eigenvalue weighted by Gasteiger charge is 2.73. The molecule has 2 amide bonds. The summed E-state index contributed by atoms with van der Waals surface area (Å²) in [6, 6.07) is 15.4. The Morgan fingerprint density at radius 3 is 2.18 bits per heavy atom. The van der Waals surface area contributed by atoms with Gasteiger partial charge in [-0.05, 0) is 53.4 Å². The molecule has 2 aromatic rings. The van der Waals surface area contributed by atoms with E-state index in [2.05, 4.69) is 34.9 Å². The minimum atomic E-state index is -0.858. The standard InChI is InChI=1S/C27H30N2O5/c1-2-22(23(30)28-16-27(24(31)32)15-26(27)12-7-13-26)29-25(33)34-14-21-19-10-5-3-8-17(19)18-9-4-6-11-20(18)21/h3-6,8-11,21-22H,2,7,12-16H2,1H3,(H,28,30)(H,29,33)(H,31,32). The molecule has 7 heteroatoms. The van der Waals surface area contributed by atoms with Gasteiger partial charge in [-0.1, -0.05) is 61.9 Å². The number of nitrogens with one attached hydrogen (secondary N) is 2. The van der Waals surface area contributed by atoms with E-state index in [1.54, 1.807) is 6.92 Å². The zero-order valence-corrected chi connectivity index (χ0v) is 19.3. The van der Waals surface area contributed by atoms with Crippen molar-refractivity contribution in [3.8, 4) is 11.1 Å². The number of hydrogen-bond acceptors (Lipinski definition) is 4. The van der Waals surface area contributed by atoms with Gasteiger partial charge in [0.15, 0.2) is 0 Å². The Kier molecular flexibility index (Phi) is 5.58. The first-order chi connectivity index (χ1) is 16.4. The summed E-state index contributed by atoms with van der Waals surface area (Å²) in [4.78, 5) is 37.2. The molecular formula is C27H30N2O5. The second kappa shape index (κ2) is 8.46. The number of carboxylic acid groups (broad SMARTS) is 1. The van der Waals surface area contributed by atoms with Crippen LogP contribution in [0.4, 0.5) is 4.79 Å². The van der Waals surface area contributed by atoms with Crippen LogP contribution in [0.25, 0.3) is 11.1 Å². The average Bonchev–Trinajstić information content (AvgIpc) is 3.44. The lowest BCUT2D eigenvalue weighted by atomic mass is 9.75. The van der Waals surface area contributed by atoms with E-state index in [4.69, 9.17) is 4.74 Å². The van der Waals surface area contributed by atoms with Crippen LogP contribution in [0.3, 0.4) is 0 Å². The van der Waals surface area contributed by atoms with Gasteiger partial charge in [0, 0.05) is 12.5 Å². The van der Waals surface area contributed by atoms with Crippen molar-refractivity contribution in [2.75, 3.05) is 13.2 Å². The number of carbonyl (C=O) groups excluding carboxylic acids is 2. The predicted molar refractivity (Wildman–Crippen MR) is 126 cm³/mol. The van der Waals surface area contributed by atoms with Crippen LogP contribution in [0.15, 0.2) is 48.5 Å². The van der Waals surface area contributed by atoms with Crippen LogP contribution in [0.2, 0.25) is 0 Å². The minimum absolute atomic E-state index is 0.0592. The van der Waals surface area contributed by atoms with E-state index in [9.17, 15) is 19.5 Å². The molecule has 0 aliphatic heterocycles. The molecule has 2 saturated carbocycles. The quantitative estimate of drug-likeness (QED) is 0.549. The number of benzene rings is 2. The van der Waals surface area contributed by atoms with Gasteiger partial charge in [-0.2, -0.15) is 0 Å². The topological polar surface area (TPSA) is 105 Å². The monoisotopic (exact) mass is 462 g/mol. The Labute approximate surface area is 198 Å². The predicted octanol–water partition coefficient (Wildman–Crippen LogP) is 4.06. The summed E-state index contributed by atoms with van der Waals surface area (Å²) in [5, 5.41) is 15.2. The van der Waals surface area contributed by atoms with Gasteiger partial charge in [0.25, 0.3) is 0 Å². The van der Waals surface area contributed by atoms with E-state index in [1.807, 2.05) is 24.3 Å². The van der Waals surface area contributed by atoms with Crippen molar-refractivity contribution in [2.45, 2.75) is 51.0 Å². The Morgan fingerprint density at radius 1 is 1.06 bits per heavy atom. The molecule has 2 fully saturated rings. The van der Waals surface area contributed by atoms with Crippen molar-refractivity contribution in [3.05, 3.63) is 59.7 Å². The van der Waals surface area contributed by atoms with Gasteiger partial charge in [0.05, 0.1) is 5.41 Å². The number of amides is 2. The average molecular weight is 463 g/mol. The molecule has 0 bridgehead atoms. The molecular weight excluding hydrogens is 432 g/mol. The Morgan fingerprint density at radius 2 is 1.68 bits per heavy atom. The van der Waals surface area contributed by atoms with E-state index in [-0.39, 0.29) is 30.4 Å². The van der Waals surface area contributed by atoms with Gasteiger partial charge in [-0.25, -0.2) is 4.79 Å². The highest BCUT2D eigenvalue weighted by molar-refractivity contribution is 5.87. The lowest BCUT2D eigenvalue weighted by molar-refractivity contribution is -0.146. The maximum atomic E-state index is 12.7. The number of ether oxygens (including phenoxy) is 1. The fourth-order valence-electron chi connectivity index (χ4n) is 5.92. The number of aliphatic carboxylic acids is 1. The van der Waals surface area contributed by atoms with E-state index in [0.717, 1.165) is 41.5 Å². The third kappa shape index (κ3) is 3.54.